The Hall–Kier alpha value is -0.610. The van der Waals surface area contributed by atoms with Gasteiger partial charge in [0.1, 0.15) is 12.4 Å². The fraction of sp³-hybridized carbons (Fsp3) is 0.500. The summed E-state index contributed by atoms with van der Waals surface area (Å²) in [5, 5.41) is 3.28. The number of nitrogens with one attached hydrogen (secondary N) is 1. The predicted molar refractivity (Wildman–Crippen MR) is 60.6 cm³/mol. The largest absolute Gasteiger partial charge is 0.491 e. The molecule has 1 N–H and O–H groups in total. The number of hydrogen-bond donors (Lipinski definition) is 1. The summed E-state index contributed by atoms with van der Waals surface area (Å²) in [5.41, 5.74) is 0. The number of rotatable bonds is 5. The molecule has 0 unspecified atom stereocenters. The van der Waals surface area contributed by atoms with Crippen molar-refractivity contribution in [1.82, 2.24) is 10.3 Å². The quantitative estimate of drug-likeness (QED) is 0.823. The molecule has 1 aromatic rings. The highest BCUT2D eigenvalue weighted by molar-refractivity contribution is 9.10. The summed E-state index contributed by atoms with van der Waals surface area (Å²) in [6.45, 7) is 5.75. The summed E-state index contributed by atoms with van der Waals surface area (Å²) in [6, 6.07) is 2.35. The molecule has 0 aliphatic heterocycles. The van der Waals surface area contributed by atoms with Crippen LogP contribution in [0.25, 0.3) is 0 Å². The Kier molecular flexibility index (Phi) is 4.90. The van der Waals surface area contributed by atoms with Crippen LogP contribution in [0, 0.1) is 0 Å². The van der Waals surface area contributed by atoms with Gasteiger partial charge in [0, 0.05) is 25.0 Å². The SMILES string of the molecule is CC(C)NCCOc1ccncc1Br. The van der Waals surface area contributed by atoms with Crippen LogP contribution >= 0.6 is 15.9 Å². The number of pyridine rings is 1. The zero-order valence-corrected chi connectivity index (χ0v) is 10.0. The molecule has 0 fully saturated rings. The zero-order valence-electron chi connectivity index (χ0n) is 8.46. The number of aromatic nitrogens is 1. The van der Waals surface area contributed by atoms with Gasteiger partial charge in [-0.2, -0.15) is 0 Å². The molecule has 0 aliphatic rings. The molecule has 14 heavy (non-hydrogen) atoms. The highest BCUT2D eigenvalue weighted by Gasteiger charge is 1.99. The number of halogens is 1. The van der Waals surface area contributed by atoms with Gasteiger partial charge in [0.2, 0.25) is 0 Å². The first-order valence-electron chi connectivity index (χ1n) is 4.66. The van der Waals surface area contributed by atoms with Crippen molar-refractivity contribution < 1.29 is 4.74 Å². The molecule has 4 heteroatoms. The van der Waals surface area contributed by atoms with Crippen LogP contribution in [0.4, 0.5) is 0 Å². The van der Waals surface area contributed by atoms with Gasteiger partial charge < -0.3 is 10.1 Å². The molecule has 0 radical (unpaired) electrons. The minimum absolute atomic E-state index is 0.500. The van der Waals surface area contributed by atoms with Gasteiger partial charge in [-0.25, -0.2) is 0 Å². The average molecular weight is 259 g/mol. The van der Waals surface area contributed by atoms with Crippen LogP contribution < -0.4 is 10.1 Å². The van der Waals surface area contributed by atoms with Crippen molar-refractivity contribution in [3.05, 3.63) is 22.9 Å². The van der Waals surface area contributed by atoms with Crippen molar-refractivity contribution in [3.8, 4) is 5.75 Å². The fourth-order valence-corrected chi connectivity index (χ4v) is 1.35. The Morgan fingerprint density at radius 2 is 2.36 bits per heavy atom. The third kappa shape index (κ3) is 4.07. The predicted octanol–water partition coefficient (Wildman–Crippen LogP) is 2.22. The van der Waals surface area contributed by atoms with Crippen LogP contribution in [-0.4, -0.2) is 24.2 Å². The Morgan fingerprint density at radius 1 is 1.57 bits per heavy atom. The van der Waals surface area contributed by atoms with E-state index in [-0.39, 0.29) is 0 Å². The van der Waals surface area contributed by atoms with Crippen LogP contribution in [0.2, 0.25) is 0 Å². The smallest absolute Gasteiger partial charge is 0.136 e. The molecular formula is C10H15BrN2O. The molecule has 0 atom stereocenters. The molecule has 0 saturated heterocycles. The Morgan fingerprint density at radius 3 is 3.00 bits per heavy atom. The standard InChI is InChI=1S/C10H15BrN2O/c1-8(2)13-5-6-14-10-3-4-12-7-9(10)11/h3-4,7-8,13H,5-6H2,1-2H3. The summed E-state index contributed by atoms with van der Waals surface area (Å²) >= 11 is 3.37. The summed E-state index contributed by atoms with van der Waals surface area (Å²) in [7, 11) is 0. The van der Waals surface area contributed by atoms with Crippen molar-refractivity contribution in [2.24, 2.45) is 0 Å². The minimum Gasteiger partial charge on any atom is -0.491 e. The van der Waals surface area contributed by atoms with E-state index < -0.39 is 0 Å². The van der Waals surface area contributed by atoms with Crippen molar-refractivity contribution in [2.75, 3.05) is 13.2 Å². The van der Waals surface area contributed by atoms with Crippen LogP contribution in [0.5, 0.6) is 5.75 Å². The molecule has 0 aliphatic carbocycles. The maximum atomic E-state index is 5.54. The molecular weight excluding hydrogens is 244 g/mol. The van der Waals surface area contributed by atoms with E-state index in [4.69, 9.17) is 4.74 Å². The lowest BCUT2D eigenvalue weighted by Crippen LogP contribution is -2.27. The normalized spacial score (nSPS) is 10.6. The summed E-state index contributed by atoms with van der Waals surface area (Å²) in [6.07, 6.45) is 3.45. The van der Waals surface area contributed by atoms with E-state index in [1.807, 2.05) is 6.07 Å². The van der Waals surface area contributed by atoms with E-state index in [1.165, 1.54) is 0 Å². The fourth-order valence-electron chi connectivity index (χ4n) is 0.988. The van der Waals surface area contributed by atoms with Crippen molar-refractivity contribution in [2.45, 2.75) is 19.9 Å². The third-order valence-electron chi connectivity index (χ3n) is 1.65. The van der Waals surface area contributed by atoms with Gasteiger partial charge in [-0.1, -0.05) is 13.8 Å². The maximum Gasteiger partial charge on any atom is 0.136 e. The number of ether oxygens (including phenoxy) is 1. The first kappa shape index (κ1) is 11.5. The van der Waals surface area contributed by atoms with Crippen LogP contribution in [0.3, 0.4) is 0 Å². The van der Waals surface area contributed by atoms with Gasteiger partial charge in [-0.05, 0) is 22.0 Å². The van der Waals surface area contributed by atoms with E-state index in [9.17, 15) is 0 Å². The van der Waals surface area contributed by atoms with E-state index in [2.05, 4.69) is 40.1 Å². The molecule has 0 aromatic carbocycles. The highest BCUT2D eigenvalue weighted by Crippen LogP contribution is 2.22. The Balaban J connectivity index is 2.28. The number of nitrogens with zero attached hydrogens (tertiary/aromatic N) is 1. The van der Waals surface area contributed by atoms with Crippen molar-refractivity contribution in [3.63, 3.8) is 0 Å². The second-order valence-corrected chi connectivity index (χ2v) is 4.12. The lowest BCUT2D eigenvalue weighted by Gasteiger charge is -2.10. The van der Waals surface area contributed by atoms with Gasteiger partial charge >= 0.3 is 0 Å². The topological polar surface area (TPSA) is 34.1 Å². The molecule has 0 spiro atoms. The van der Waals surface area contributed by atoms with E-state index >= 15 is 0 Å². The molecule has 0 bridgehead atoms. The van der Waals surface area contributed by atoms with Crippen molar-refractivity contribution in [1.29, 1.82) is 0 Å². The van der Waals surface area contributed by atoms with E-state index in [1.54, 1.807) is 12.4 Å². The number of hydrogen-bond acceptors (Lipinski definition) is 3. The monoisotopic (exact) mass is 258 g/mol. The van der Waals surface area contributed by atoms with E-state index in [0.717, 1.165) is 16.8 Å². The average Bonchev–Trinajstić information content (AvgIpc) is 2.15. The van der Waals surface area contributed by atoms with Crippen LogP contribution in [-0.2, 0) is 0 Å². The Labute approximate surface area is 93.0 Å². The highest BCUT2D eigenvalue weighted by atomic mass is 79.9. The summed E-state index contributed by atoms with van der Waals surface area (Å²) in [5.74, 6) is 0.838. The molecule has 0 amide bonds. The molecule has 78 valence electrons. The third-order valence-corrected chi connectivity index (χ3v) is 2.24. The van der Waals surface area contributed by atoms with Gasteiger partial charge in [0.25, 0.3) is 0 Å². The second kappa shape index (κ2) is 5.98. The lowest BCUT2D eigenvalue weighted by molar-refractivity contribution is 0.307. The van der Waals surface area contributed by atoms with Crippen LogP contribution in [0.15, 0.2) is 22.9 Å². The first-order chi connectivity index (χ1) is 6.70. The van der Waals surface area contributed by atoms with Gasteiger partial charge in [-0.15, -0.1) is 0 Å². The maximum absolute atomic E-state index is 5.54. The molecule has 1 rings (SSSR count). The van der Waals surface area contributed by atoms with Crippen molar-refractivity contribution >= 4 is 15.9 Å². The van der Waals surface area contributed by atoms with Gasteiger partial charge in [0.05, 0.1) is 4.47 Å². The summed E-state index contributed by atoms with van der Waals surface area (Å²) in [4.78, 5) is 3.96. The Bertz CT molecular complexity index is 279. The molecule has 3 nitrogen and oxygen atoms in total. The van der Waals surface area contributed by atoms with Gasteiger partial charge in [0.15, 0.2) is 0 Å². The summed E-state index contributed by atoms with van der Waals surface area (Å²) < 4.78 is 6.43. The molecule has 1 heterocycles. The van der Waals surface area contributed by atoms with E-state index in [0.29, 0.717) is 12.6 Å². The molecule has 1 aromatic heterocycles. The van der Waals surface area contributed by atoms with Crippen LogP contribution in [0.1, 0.15) is 13.8 Å². The first-order valence-corrected chi connectivity index (χ1v) is 5.45. The second-order valence-electron chi connectivity index (χ2n) is 3.26. The zero-order chi connectivity index (χ0) is 10.4. The lowest BCUT2D eigenvalue weighted by atomic mass is 10.4. The molecule has 0 saturated carbocycles. The minimum atomic E-state index is 0.500. The van der Waals surface area contributed by atoms with Gasteiger partial charge in [-0.3, -0.25) is 4.98 Å².